The van der Waals surface area contributed by atoms with Crippen LogP contribution in [0.15, 0.2) is 42.5 Å². The van der Waals surface area contributed by atoms with E-state index in [1.807, 2.05) is 12.1 Å². The number of ether oxygens (including phenoxy) is 1. The Bertz CT molecular complexity index is 604. The van der Waals surface area contributed by atoms with Crippen LogP contribution in [0.5, 0.6) is 11.5 Å². The van der Waals surface area contributed by atoms with E-state index >= 15 is 0 Å². The summed E-state index contributed by atoms with van der Waals surface area (Å²) in [7, 11) is 0. The smallest absolute Gasteiger partial charge is 0.311 e. The molecule has 4 nitrogen and oxygen atoms in total. The minimum absolute atomic E-state index is 0.113. The molecule has 0 aliphatic rings. The summed E-state index contributed by atoms with van der Waals surface area (Å²) in [4.78, 5) is 10.4. The van der Waals surface area contributed by atoms with Gasteiger partial charge in [-0.2, -0.15) is 0 Å². The lowest BCUT2D eigenvalue weighted by Crippen LogP contribution is -1.93. The van der Waals surface area contributed by atoms with Crippen LogP contribution in [-0.4, -0.2) is 4.92 Å². The van der Waals surface area contributed by atoms with Gasteiger partial charge in [-0.25, -0.2) is 0 Å². The lowest BCUT2D eigenvalue weighted by Gasteiger charge is -2.06. The Labute approximate surface area is 122 Å². The second-order valence-electron chi connectivity index (χ2n) is 3.43. The fraction of sp³-hybridized carbons (Fsp3) is 0. The maximum absolute atomic E-state index is 10.9. The second-order valence-corrected chi connectivity index (χ2v) is 5.11. The van der Waals surface area contributed by atoms with E-state index in [0.717, 1.165) is 3.57 Å². The highest BCUT2D eigenvalue weighted by molar-refractivity contribution is 14.1. The summed E-state index contributed by atoms with van der Waals surface area (Å²) in [6.07, 6.45) is 0. The van der Waals surface area contributed by atoms with Crippen LogP contribution in [0.3, 0.4) is 0 Å². The zero-order chi connectivity index (χ0) is 13.1. The maximum atomic E-state index is 10.9. The first-order chi connectivity index (χ1) is 8.56. The summed E-state index contributed by atoms with van der Waals surface area (Å²) >= 11 is 7.95. The second kappa shape index (κ2) is 5.53. The monoisotopic (exact) mass is 375 g/mol. The highest BCUT2D eigenvalue weighted by Crippen LogP contribution is 2.33. The molecule has 2 aromatic rings. The quantitative estimate of drug-likeness (QED) is 0.446. The van der Waals surface area contributed by atoms with Crippen LogP contribution >= 0.6 is 34.2 Å². The molecule has 0 bridgehead atoms. The number of nitro benzene ring substituents is 1. The number of nitro groups is 1. The fourth-order valence-electron chi connectivity index (χ4n) is 1.38. The molecule has 0 aliphatic carbocycles. The number of hydrogen-bond acceptors (Lipinski definition) is 3. The van der Waals surface area contributed by atoms with Crippen molar-refractivity contribution < 1.29 is 9.66 Å². The van der Waals surface area contributed by atoms with E-state index in [1.54, 1.807) is 12.1 Å². The summed E-state index contributed by atoms with van der Waals surface area (Å²) in [5.74, 6) is 0.668. The Kier molecular flexibility index (Phi) is 4.03. The molecular weight excluding hydrogens is 368 g/mol. The molecule has 92 valence electrons. The first kappa shape index (κ1) is 13.1. The molecule has 0 radical (unpaired) electrons. The molecule has 0 unspecified atom stereocenters. The highest BCUT2D eigenvalue weighted by Gasteiger charge is 2.16. The van der Waals surface area contributed by atoms with Gasteiger partial charge in [0.2, 0.25) is 5.75 Å². The number of rotatable bonds is 3. The van der Waals surface area contributed by atoms with Crippen molar-refractivity contribution in [2.45, 2.75) is 0 Å². The van der Waals surface area contributed by atoms with Crippen LogP contribution in [0.2, 0.25) is 5.02 Å². The van der Waals surface area contributed by atoms with Gasteiger partial charge in [0.05, 0.1) is 4.92 Å². The van der Waals surface area contributed by atoms with Crippen LogP contribution < -0.4 is 4.74 Å². The SMILES string of the molecule is O=[N+]([O-])c1ccc(Cl)cc1Oc1cccc(I)c1. The first-order valence-corrected chi connectivity index (χ1v) is 6.39. The van der Waals surface area contributed by atoms with Crippen molar-refractivity contribution in [3.63, 3.8) is 0 Å². The third kappa shape index (κ3) is 3.11. The average Bonchev–Trinajstić information content (AvgIpc) is 2.28. The van der Waals surface area contributed by atoms with Crippen LogP contribution in [-0.2, 0) is 0 Å². The summed E-state index contributed by atoms with van der Waals surface area (Å²) in [6.45, 7) is 0. The van der Waals surface area contributed by atoms with Crippen molar-refractivity contribution in [1.29, 1.82) is 0 Å². The van der Waals surface area contributed by atoms with Gasteiger partial charge in [-0.3, -0.25) is 10.1 Å². The van der Waals surface area contributed by atoms with Crippen molar-refractivity contribution in [1.82, 2.24) is 0 Å². The van der Waals surface area contributed by atoms with Crippen molar-refractivity contribution in [2.24, 2.45) is 0 Å². The predicted octanol–water partition coefficient (Wildman–Crippen LogP) is 4.65. The molecule has 0 spiro atoms. The van der Waals surface area contributed by atoms with Crippen LogP contribution in [0.4, 0.5) is 5.69 Å². The molecule has 0 amide bonds. The zero-order valence-electron chi connectivity index (χ0n) is 8.97. The fourth-order valence-corrected chi connectivity index (χ4v) is 2.05. The van der Waals surface area contributed by atoms with Gasteiger partial charge in [0, 0.05) is 20.7 Å². The van der Waals surface area contributed by atoms with E-state index in [-0.39, 0.29) is 11.4 Å². The van der Waals surface area contributed by atoms with E-state index in [2.05, 4.69) is 22.6 Å². The van der Waals surface area contributed by atoms with Crippen LogP contribution in [0, 0.1) is 13.7 Å². The molecular formula is C12H7ClINO3. The summed E-state index contributed by atoms with van der Waals surface area (Å²) < 4.78 is 6.48. The van der Waals surface area contributed by atoms with Gasteiger partial charge in [0.25, 0.3) is 0 Å². The van der Waals surface area contributed by atoms with Crippen molar-refractivity contribution in [3.05, 3.63) is 61.2 Å². The highest BCUT2D eigenvalue weighted by atomic mass is 127. The lowest BCUT2D eigenvalue weighted by molar-refractivity contribution is -0.385. The number of hydrogen-bond donors (Lipinski definition) is 0. The molecule has 2 aromatic carbocycles. The average molecular weight is 376 g/mol. The Hall–Kier alpha value is -1.34. The third-order valence-corrected chi connectivity index (χ3v) is 3.05. The Morgan fingerprint density at radius 3 is 2.67 bits per heavy atom. The topological polar surface area (TPSA) is 52.4 Å². The zero-order valence-corrected chi connectivity index (χ0v) is 11.9. The first-order valence-electron chi connectivity index (χ1n) is 4.93. The molecule has 0 fully saturated rings. The van der Waals surface area contributed by atoms with E-state index < -0.39 is 4.92 Å². The summed E-state index contributed by atoms with van der Waals surface area (Å²) in [6, 6.07) is 11.4. The van der Waals surface area contributed by atoms with E-state index in [4.69, 9.17) is 16.3 Å². The van der Waals surface area contributed by atoms with E-state index in [0.29, 0.717) is 10.8 Å². The van der Waals surface area contributed by atoms with Crippen LogP contribution in [0.1, 0.15) is 0 Å². The van der Waals surface area contributed by atoms with Crippen molar-refractivity contribution in [3.8, 4) is 11.5 Å². The molecule has 0 heterocycles. The van der Waals surface area contributed by atoms with Gasteiger partial charge in [0.1, 0.15) is 5.75 Å². The Morgan fingerprint density at radius 1 is 1.22 bits per heavy atom. The molecule has 0 aliphatic heterocycles. The van der Waals surface area contributed by atoms with Gasteiger partial charge < -0.3 is 4.74 Å². The Morgan fingerprint density at radius 2 is 2.00 bits per heavy atom. The predicted molar refractivity (Wildman–Crippen MR) is 77.3 cm³/mol. The van der Waals surface area contributed by atoms with Crippen molar-refractivity contribution >= 4 is 39.9 Å². The van der Waals surface area contributed by atoms with Gasteiger partial charge in [-0.1, -0.05) is 17.7 Å². The molecule has 6 heteroatoms. The minimum Gasteiger partial charge on any atom is -0.450 e. The van der Waals surface area contributed by atoms with Gasteiger partial charge in [0.15, 0.2) is 0 Å². The number of nitrogens with zero attached hydrogens (tertiary/aromatic N) is 1. The molecule has 0 saturated heterocycles. The third-order valence-electron chi connectivity index (χ3n) is 2.14. The molecule has 2 rings (SSSR count). The molecule has 18 heavy (non-hydrogen) atoms. The largest absolute Gasteiger partial charge is 0.450 e. The number of halogens is 2. The molecule has 0 atom stereocenters. The van der Waals surface area contributed by atoms with Gasteiger partial charge in [-0.15, -0.1) is 0 Å². The van der Waals surface area contributed by atoms with E-state index in [9.17, 15) is 10.1 Å². The summed E-state index contributed by atoms with van der Waals surface area (Å²) in [5.41, 5.74) is -0.113. The lowest BCUT2D eigenvalue weighted by atomic mass is 10.3. The number of benzene rings is 2. The van der Waals surface area contributed by atoms with Crippen molar-refractivity contribution in [2.75, 3.05) is 0 Å². The van der Waals surface area contributed by atoms with Gasteiger partial charge in [-0.05, 0) is 46.9 Å². The Balaban J connectivity index is 2.39. The normalized spacial score (nSPS) is 10.1. The van der Waals surface area contributed by atoms with Crippen LogP contribution in [0.25, 0.3) is 0 Å². The van der Waals surface area contributed by atoms with Gasteiger partial charge >= 0.3 is 5.69 Å². The van der Waals surface area contributed by atoms with E-state index in [1.165, 1.54) is 18.2 Å². The standard InChI is InChI=1S/C12H7ClINO3/c13-8-4-5-11(15(16)17)12(6-8)18-10-3-1-2-9(14)7-10/h1-7H. The maximum Gasteiger partial charge on any atom is 0.311 e. The molecule has 0 N–H and O–H groups in total. The minimum atomic E-state index is -0.500. The molecule has 0 aromatic heterocycles. The molecule has 0 saturated carbocycles. The summed E-state index contributed by atoms with van der Waals surface area (Å²) in [5, 5.41) is 11.3.